The molecular weight excluding hydrogens is 620 g/mol. The molecule has 0 unspecified atom stereocenters. The van der Waals surface area contributed by atoms with Crippen LogP contribution in [0.4, 0.5) is 0 Å². The molecule has 0 aliphatic heterocycles. The number of unbranched alkanes of at least 4 members (excludes halogenated alkanes) is 4. The number of hydrogen-bond donors (Lipinski definition) is 2. The average Bonchev–Trinajstić information content (AvgIpc) is 3.14. The van der Waals surface area contributed by atoms with Crippen molar-refractivity contribution >= 4 is 24.2 Å². The molecule has 0 heterocycles. The number of nitrogens with one attached hydrogen (secondary N) is 2. The summed E-state index contributed by atoms with van der Waals surface area (Å²) in [7, 11) is 3.17. The van der Waals surface area contributed by atoms with E-state index >= 15 is 0 Å². The van der Waals surface area contributed by atoms with E-state index in [2.05, 4.69) is 21.1 Å². The Hall–Kier alpha value is -5.64. The number of amides is 2. The van der Waals surface area contributed by atoms with Crippen LogP contribution in [0.1, 0.15) is 67.2 Å². The molecule has 4 aromatic carbocycles. The van der Waals surface area contributed by atoms with Gasteiger partial charge in [-0.15, -0.1) is 0 Å². The summed E-state index contributed by atoms with van der Waals surface area (Å²) in [5.74, 6) is 2.15. The van der Waals surface area contributed by atoms with Crippen LogP contribution in [0.15, 0.2) is 107 Å². The zero-order chi connectivity index (χ0) is 34.5. The van der Waals surface area contributed by atoms with E-state index in [0.29, 0.717) is 49.1 Å². The third kappa shape index (κ3) is 13.2. The average molecular weight is 665 g/mol. The predicted octanol–water partition coefficient (Wildman–Crippen LogP) is 7.19. The SMILES string of the molecule is COc1cc(/C=N/NC(=O)CCCCCCCC(=O)N/N=C/c2ccc(OCc3ccccc3)c(OC)c2)ccc1OCc1ccccc1. The van der Waals surface area contributed by atoms with Gasteiger partial charge in [0, 0.05) is 12.8 Å². The smallest absolute Gasteiger partial charge is 0.240 e. The van der Waals surface area contributed by atoms with Crippen LogP contribution in [0.3, 0.4) is 0 Å². The first-order valence-corrected chi connectivity index (χ1v) is 16.4. The number of carbonyl (C=O) groups excluding carboxylic acids is 2. The lowest BCUT2D eigenvalue weighted by Gasteiger charge is -2.11. The van der Waals surface area contributed by atoms with Crippen molar-refractivity contribution in [3.05, 3.63) is 119 Å². The molecular formula is C39H44N4O6. The van der Waals surface area contributed by atoms with Crippen LogP contribution in [-0.4, -0.2) is 38.5 Å². The molecule has 4 rings (SSSR count). The monoisotopic (exact) mass is 664 g/mol. The molecule has 0 aliphatic rings. The van der Waals surface area contributed by atoms with E-state index in [9.17, 15) is 9.59 Å². The van der Waals surface area contributed by atoms with Gasteiger partial charge in [-0.05, 0) is 71.5 Å². The van der Waals surface area contributed by atoms with Gasteiger partial charge in [-0.1, -0.05) is 79.9 Å². The Morgan fingerprint density at radius 2 is 0.959 bits per heavy atom. The second-order valence-electron chi connectivity index (χ2n) is 11.2. The van der Waals surface area contributed by atoms with Crippen LogP contribution in [0.25, 0.3) is 0 Å². The van der Waals surface area contributed by atoms with E-state index in [1.165, 1.54) is 0 Å². The predicted molar refractivity (Wildman–Crippen MR) is 191 cm³/mol. The van der Waals surface area contributed by atoms with Gasteiger partial charge in [0.1, 0.15) is 13.2 Å². The highest BCUT2D eigenvalue weighted by atomic mass is 16.5. The number of carbonyl (C=O) groups is 2. The Balaban J connectivity index is 1.05. The van der Waals surface area contributed by atoms with Gasteiger partial charge >= 0.3 is 0 Å². The summed E-state index contributed by atoms with van der Waals surface area (Å²) in [6, 6.07) is 30.8. The molecule has 0 saturated heterocycles. The van der Waals surface area contributed by atoms with Gasteiger partial charge in [0.25, 0.3) is 0 Å². The van der Waals surface area contributed by atoms with Gasteiger partial charge in [0.2, 0.25) is 11.8 Å². The summed E-state index contributed by atoms with van der Waals surface area (Å²) in [4.78, 5) is 24.4. The number of nitrogens with zero attached hydrogens (tertiary/aromatic N) is 2. The topological polar surface area (TPSA) is 120 Å². The zero-order valence-corrected chi connectivity index (χ0v) is 28.1. The Labute approximate surface area is 288 Å². The molecule has 0 spiro atoms. The van der Waals surface area contributed by atoms with Crippen molar-refractivity contribution in [2.45, 2.75) is 58.2 Å². The molecule has 10 nitrogen and oxygen atoms in total. The fourth-order valence-corrected chi connectivity index (χ4v) is 4.81. The number of hydrazone groups is 2. The largest absolute Gasteiger partial charge is 0.493 e. The molecule has 10 heteroatoms. The lowest BCUT2D eigenvalue weighted by Crippen LogP contribution is -2.17. The summed E-state index contributed by atoms with van der Waals surface area (Å²) < 4.78 is 22.7. The fourth-order valence-electron chi connectivity index (χ4n) is 4.81. The van der Waals surface area contributed by atoms with Gasteiger partial charge in [0.05, 0.1) is 26.6 Å². The first kappa shape index (κ1) is 36.2. The second kappa shape index (κ2) is 20.6. The summed E-state index contributed by atoms with van der Waals surface area (Å²) >= 11 is 0. The Morgan fingerprint density at radius 1 is 0.551 bits per heavy atom. The molecule has 0 atom stereocenters. The molecule has 0 fully saturated rings. The number of ether oxygens (including phenoxy) is 4. The van der Waals surface area contributed by atoms with E-state index < -0.39 is 0 Å². The van der Waals surface area contributed by atoms with E-state index in [0.717, 1.165) is 54.4 Å². The minimum absolute atomic E-state index is 0.143. The zero-order valence-electron chi connectivity index (χ0n) is 28.1. The number of methoxy groups -OCH3 is 2. The number of hydrogen-bond acceptors (Lipinski definition) is 8. The maximum atomic E-state index is 12.2. The molecule has 0 aliphatic carbocycles. The maximum Gasteiger partial charge on any atom is 0.240 e. The lowest BCUT2D eigenvalue weighted by atomic mass is 10.1. The molecule has 49 heavy (non-hydrogen) atoms. The van der Waals surface area contributed by atoms with Crippen molar-refractivity contribution in [3.8, 4) is 23.0 Å². The molecule has 4 aromatic rings. The number of rotatable bonds is 20. The van der Waals surface area contributed by atoms with Crippen LogP contribution in [-0.2, 0) is 22.8 Å². The van der Waals surface area contributed by atoms with Crippen molar-refractivity contribution in [2.24, 2.45) is 10.2 Å². The van der Waals surface area contributed by atoms with E-state index in [1.54, 1.807) is 26.6 Å². The highest BCUT2D eigenvalue weighted by Crippen LogP contribution is 2.29. The minimum Gasteiger partial charge on any atom is -0.493 e. The van der Waals surface area contributed by atoms with Crippen molar-refractivity contribution in [3.63, 3.8) is 0 Å². The van der Waals surface area contributed by atoms with Crippen LogP contribution >= 0.6 is 0 Å². The standard InChI is InChI=1S/C39H44N4O6/c1-46-36-24-32(20-22-34(36)48-28-30-14-8-6-9-15-30)26-40-42-38(44)18-12-4-3-5-13-19-39(45)43-41-27-33-21-23-35(37(25-33)47-2)49-29-31-16-10-7-11-17-31/h6-11,14-17,20-27H,3-5,12-13,18-19,28-29H2,1-2H3,(H,42,44)(H,43,45)/b40-26+,41-27+. The third-order valence-electron chi connectivity index (χ3n) is 7.46. The Morgan fingerprint density at radius 3 is 1.37 bits per heavy atom. The van der Waals surface area contributed by atoms with Gasteiger partial charge in [-0.2, -0.15) is 10.2 Å². The van der Waals surface area contributed by atoms with Gasteiger partial charge in [-0.3, -0.25) is 9.59 Å². The molecule has 0 aromatic heterocycles. The van der Waals surface area contributed by atoms with Crippen molar-refractivity contribution in [2.75, 3.05) is 14.2 Å². The second-order valence-corrected chi connectivity index (χ2v) is 11.2. The van der Waals surface area contributed by atoms with Crippen LogP contribution in [0.2, 0.25) is 0 Å². The Kier molecular flexibility index (Phi) is 15.2. The van der Waals surface area contributed by atoms with Crippen LogP contribution < -0.4 is 29.8 Å². The first-order valence-electron chi connectivity index (χ1n) is 16.4. The van der Waals surface area contributed by atoms with Crippen LogP contribution in [0, 0.1) is 0 Å². The van der Waals surface area contributed by atoms with E-state index in [-0.39, 0.29) is 11.8 Å². The third-order valence-corrected chi connectivity index (χ3v) is 7.46. The van der Waals surface area contributed by atoms with Gasteiger partial charge in [0.15, 0.2) is 23.0 Å². The normalized spacial score (nSPS) is 11.0. The van der Waals surface area contributed by atoms with Gasteiger partial charge < -0.3 is 18.9 Å². The van der Waals surface area contributed by atoms with Crippen LogP contribution in [0.5, 0.6) is 23.0 Å². The molecule has 0 bridgehead atoms. The van der Waals surface area contributed by atoms with Crippen molar-refractivity contribution in [1.29, 1.82) is 0 Å². The highest BCUT2D eigenvalue weighted by Gasteiger charge is 2.08. The molecule has 2 N–H and O–H groups in total. The molecule has 0 radical (unpaired) electrons. The quantitative estimate of drug-likeness (QED) is 0.0586. The van der Waals surface area contributed by atoms with Crippen molar-refractivity contribution < 1.29 is 28.5 Å². The summed E-state index contributed by atoms with van der Waals surface area (Å²) in [5.41, 5.74) is 8.84. The fraction of sp³-hybridized carbons (Fsp3) is 0.282. The summed E-state index contributed by atoms with van der Waals surface area (Å²) in [5, 5.41) is 8.15. The van der Waals surface area contributed by atoms with E-state index in [4.69, 9.17) is 18.9 Å². The molecule has 2 amide bonds. The number of benzene rings is 4. The van der Waals surface area contributed by atoms with Gasteiger partial charge in [-0.25, -0.2) is 10.9 Å². The maximum absolute atomic E-state index is 12.2. The van der Waals surface area contributed by atoms with Crippen molar-refractivity contribution in [1.82, 2.24) is 10.9 Å². The first-order chi connectivity index (χ1) is 24.0. The van der Waals surface area contributed by atoms with E-state index in [1.807, 2.05) is 97.1 Å². The molecule has 0 saturated carbocycles. The minimum atomic E-state index is -0.143. The molecule has 256 valence electrons. The lowest BCUT2D eigenvalue weighted by molar-refractivity contribution is -0.121. The Bertz CT molecular complexity index is 1540. The summed E-state index contributed by atoms with van der Waals surface area (Å²) in [6.07, 6.45) is 8.14. The summed E-state index contributed by atoms with van der Waals surface area (Å²) in [6.45, 7) is 0.872. The highest BCUT2D eigenvalue weighted by molar-refractivity contribution is 5.84.